The van der Waals surface area contributed by atoms with E-state index in [2.05, 4.69) is 29.2 Å². The van der Waals surface area contributed by atoms with Crippen LogP contribution >= 0.6 is 0 Å². The molecule has 0 N–H and O–H groups in total. The highest BCUT2D eigenvalue weighted by Crippen LogP contribution is 2.14. The Balaban J connectivity index is 0.000000614. The summed E-state index contributed by atoms with van der Waals surface area (Å²) in [5.74, 6) is -0.396. The Morgan fingerprint density at radius 1 is 0.871 bits per heavy atom. The van der Waals surface area contributed by atoms with Crippen molar-refractivity contribution in [1.82, 2.24) is 0 Å². The normalized spacial score (nSPS) is 10.9. The number of benzene rings is 2. The summed E-state index contributed by atoms with van der Waals surface area (Å²) in [5, 5.41) is 0. The zero-order valence-electron chi connectivity index (χ0n) is 16.9. The largest absolute Gasteiger partial charge is 0.411 e. The van der Waals surface area contributed by atoms with Gasteiger partial charge in [0.2, 0.25) is 6.20 Å². The van der Waals surface area contributed by atoms with E-state index < -0.39 is 16.2 Å². The maximum absolute atomic E-state index is 12.3. The van der Waals surface area contributed by atoms with Crippen LogP contribution in [0.25, 0.3) is 12.2 Å². The van der Waals surface area contributed by atoms with E-state index in [4.69, 9.17) is 23.5 Å². The van der Waals surface area contributed by atoms with Crippen LogP contribution in [0.4, 0.5) is 5.69 Å². The summed E-state index contributed by atoms with van der Waals surface area (Å²) >= 11 is 0. The first-order valence-electron chi connectivity index (χ1n) is 8.99. The molecule has 0 bridgehead atoms. The third kappa shape index (κ3) is 8.95. The monoisotopic (exact) mass is 444 g/mol. The van der Waals surface area contributed by atoms with E-state index in [-0.39, 0.29) is 0 Å². The van der Waals surface area contributed by atoms with E-state index in [1.807, 2.05) is 62.6 Å². The highest BCUT2D eigenvalue weighted by molar-refractivity contribution is 5.89. The SMILES string of the molecule is CN(C)c1ccc(/C=C/c2cccc[n+]2OC(=O)c2ccccc2)cc1.[O-][Cl+3]([O-])([O-])[O-]. The number of rotatable bonds is 5. The van der Waals surface area contributed by atoms with Gasteiger partial charge in [0.05, 0.1) is 5.56 Å². The van der Waals surface area contributed by atoms with Crippen molar-refractivity contribution in [2.45, 2.75) is 0 Å². The van der Waals surface area contributed by atoms with E-state index in [1.54, 1.807) is 18.3 Å². The highest BCUT2D eigenvalue weighted by Gasteiger charge is 2.16. The summed E-state index contributed by atoms with van der Waals surface area (Å²) in [5.41, 5.74) is 3.50. The van der Waals surface area contributed by atoms with Crippen molar-refractivity contribution < 1.29 is 43.2 Å². The summed E-state index contributed by atoms with van der Waals surface area (Å²) in [6, 6.07) is 22.8. The van der Waals surface area contributed by atoms with Crippen LogP contribution in [-0.4, -0.2) is 20.1 Å². The van der Waals surface area contributed by atoms with Gasteiger partial charge in [-0.2, -0.15) is 4.84 Å². The Hall–Kier alpha value is -3.27. The summed E-state index contributed by atoms with van der Waals surface area (Å²) in [6.45, 7) is 0. The topological polar surface area (TPSA) is 126 Å². The molecule has 0 spiro atoms. The zero-order chi connectivity index (χ0) is 22.9. The molecular weight excluding hydrogens is 424 g/mol. The summed E-state index contributed by atoms with van der Waals surface area (Å²) in [7, 11) is -0.919. The molecule has 8 nitrogen and oxygen atoms in total. The van der Waals surface area contributed by atoms with E-state index >= 15 is 0 Å². The van der Waals surface area contributed by atoms with Crippen LogP contribution in [0.5, 0.6) is 0 Å². The lowest BCUT2D eigenvalue weighted by Gasteiger charge is -2.17. The van der Waals surface area contributed by atoms with Crippen LogP contribution < -0.4 is 33.1 Å². The lowest BCUT2D eigenvalue weighted by Crippen LogP contribution is -2.68. The summed E-state index contributed by atoms with van der Waals surface area (Å²) < 4.78 is 35.4. The lowest BCUT2D eigenvalue weighted by molar-refractivity contribution is -2.00. The van der Waals surface area contributed by atoms with E-state index in [1.165, 1.54) is 4.73 Å². The molecule has 1 aromatic heterocycles. The molecule has 1 heterocycles. The maximum atomic E-state index is 12.3. The average Bonchev–Trinajstić information content (AvgIpc) is 2.73. The summed E-state index contributed by atoms with van der Waals surface area (Å²) in [4.78, 5) is 19.8. The number of aromatic nitrogens is 1. The van der Waals surface area contributed by atoms with Gasteiger partial charge in [-0.15, -0.1) is 10.2 Å². The van der Waals surface area contributed by atoms with Crippen molar-refractivity contribution in [2.24, 2.45) is 0 Å². The minimum atomic E-state index is -4.94. The molecule has 0 atom stereocenters. The number of hydrogen-bond acceptors (Lipinski definition) is 7. The van der Waals surface area contributed by atoms with Gasteiger partial charge >= 0.3 is 5.97 Å². The van der Waals surface area contributed by atoms with Crippen molar-refractivity contribution in [2.75, 3.05) is 19.0 Å². The van der Waals surface area contributed by atoms with Gasteiger partial charge in [-0.05, 0) is 42.0 Å². The second-order valence-corrected chi connectivity index (χ2v) is 7.15. The molecule has 0 radical (unpaired) electrons. The molecule has 0 saturated heterocycles. The van der Waals surface area contributed by atoms with Gasteiger partial charge in [-0.1, -0.05) is 30.3 Å². The molecule has 0 saturated carbocycles. The predicted molar refractivity (Wildman–Crippen MR) is 104 cm³/mol. The number of nitrogens with zero attached hydrogens (tertiary/aromatic N) is 2. The van der Waals surface area contributed by atoms with Gasteiger partial charge in [-0.3, -0.25) is 0 Å². The minimum Gasteiger partial charge on any atom is -0.378 e. The molecule has 0 unspecified atom stereocenters. The first kappa shape index (κ1) is 24.0. The molecule has 2 aromatic carbocycles. The summed E-state index contributed by atoms with van der Waals surface area (Å²) in [6.07, 6.45) is 5.63. The first-order valence-corrected chi connectivity index (χ1v) is 10.2. The molecule has 0 aliphatic rings. The second kappa shape index (κ2) is 11.2. The standard InChI is InChI=1S/C22H21N2O2.ClHO4/c1-23(2)20-14-11-18(12-15-20)13-16-21-10-6-7-17-24(21)26-22(25)19-8-4-3-5-9-19;2-1(3,4)5/h3-17H,1-2H3;(H,2,3,4,5)/q+1;/p-1. The fraction of sp³-hybridized carbons (Fsp3) is 0.0909. The number of halogens is 1. The molecule has 3 rings (SSSR count). The Morgan fingerprint density at radius 2 is 1.45 bits per heavy atom. The number of anilines is 1. The quantitative estimate of drug-likeness (QED) is 0.449. The fourth-order valence-electron chi connectivity index (χ4n) is 2.44. The molecule has 31 heavy (non-hydrogen) atoms. The second-order valence-electron chi connectivity index (χ2n) is 6.39. The fourth-order valence-corrected chi connectivity index (χ4v) is 2.44. The number of pyridine rings is 1. The Labute approximate surface area is 182 Å². The molecule has 0 fully saturated rings. The third-order valence-electron chi connectivity index (χ3n) is 3.90. The van der Waals surface area contributed by atoms with Crippen molar-refractivity contribution in [3.05, 3.63) is 95.8 Å². The Bertz CT molecular complexity index is 997. The number of carbonyl (C=O) groups excluding carboxylic acids is 1. The maximum Gasteiger partial charge on any atom is 0.411 e. The van der Waals surface area contributed by atoms with Crippen LogP contribution in [0.1, 0.15) is 21.6 Å². The Kier molecular flexibility index (Phi) is 8.68. The first-order chi connectivity index (χ1) is 14.6. The van der Waals surface area contributed by atoms with Crippen LogP contribution in [0.15, 0.2) is 79.0 Å². The molecular formula is C22H21ClN2O6. The van der Waals surface area contributed by atoms with E-state index in [9.17, 15) is 4.79 Å². The third-order valence-corrected chi connectivity index (χ3v) is 3.90. The zero-order valence-corrected chi connectivity index (χ0v) is 17.6. The minimum absolute atomic E-state index is 0.396. The van der Waals surface area contributed by atoms with Crippen molar-refractivity contribution in [3.63, 3.8) is 0 Å². The number of hydrogen-bond donors (Lipinski definition) is 0. The van der Waals surface area contributed by atoms with Crippen LogP contribution in [-0.2, 0) is 0 Å². The van der Waals surface area contributed by atoms with Gasteiger partial charge in [0.25, 0.3) is 5.69 Å². The predicted octanol–water partition coefficient (Wildman–Crippen LogP) is -1.28. The lowest BCUT2D eigenvalue weighted by atomic mass is 10.1. The molecule has 162 valence electrons. The molecule has 3 aromatic rings. The van der Waals surface area contributed by atoms with Gasteiger partial charge in [0, 0.05) is 42.7 Å². The van der Waals surface area contributed by atoms with Crippen LogP contribution in [0.2, 0.25) is 0 Å². The molecule has 0 aliphatic carbocycles. The number of carbonyl (C=O) groups is 1. The van der Waals surface area contributed by atoms with Gasteiger partial charge in [0.1, 0.15) is 0 Å². The van der Waals surface area contributed by atoms with E-state index in [0.717, 1.165) is 16.9 Å². The molecule has 0 amide bonds. The van der Waals surface area contributed by atoms with Gasteiger partial charge < -0.3 is 4.90 Å². The van der Waals surface area contributed by atoms with Gasteiger partial charge in [-0.25, -0.2) is 23.4 Å². The Morgan fingerprint density at radius 3 is 2.03 bits per heavy atom. The van der Waals surface area contributed by atoms with Gasteiger partial charge in [0.15, 0.2) is 0 Å². The highest BCUT2D eigenvalue weighted by atomic mass is 35.7. The van der Waals surface area contributed by atoms with Crippen molar-refractivity contribution in [1.29, 1.82) is 0 Å². The van der Waals surface area contributed by atoms with Crippen molar-refractivity contribution >= 4 is 23.8 Å². The van der Waals surface area contributed by atoms with E-state index in [0.29, 0.717) is 5.56 Å². The average molecular weight is 445 g/mol. The van der Waals surface area contributed by atoms with Crippen LogP contribution in [0, 0.1) is 10.2 Å². The molecule has 0 aliphatic heterocycles. The van der Waals surface area contributed by atoms with Crippen LogP contribution in [0.3, 0.4) is 0 Å². The smallest absolute Gasteiger partial charge is 0.378 e. The molecule has 9 heteroatoms. The van der Waals surface area contributed by atoms with Crippen molar-refractivity contribution in [3.8, 4) is 0 Å².